The number of hydrogen-bond acceptors (Lipinski definition) is 3. The zero-order chi connectivity index (χ0) is 15.9. The lowest BCUT2D eigenvalue weighted by Crippen LogP contribution is -2.40. The van der Waals surface area contributed by atoms with Crippen molar-refractivity contribution >= 4 is 29.9 Å². The predicted octanol–water partition coefficient (Wildman–Crippen LogP) is 3.08. The monoisotopic (exact) mass is 445 g/mol. The Morgan fingerprint density at radius 3 is 2.71 bits per heavy atom. The minimum absolute atomic E-state index is 0. The van der Waals surface area contributed by atoms with Gasteiger partial charge in [0.1, 0.15) is 5.75 Å². The van der Waals surface area contributed by atoms with E-state index in [1.165, 1.54) is 24.8 Å². The SMILES string of the molecule is CN=C(NCc1ccccc1OC1CCC1)NCC1CCCO1.I. The molecular weight excluding hydrogens is 417 g/mol. The first-order valence-corrected chi connectivity index (χ1v) is 8.66. The molecule has 0 aromatic heterocycles. The minimum Gasteiger partial charge on any atom is -0.490 e. The van der Waals surface area contributed by atoms with Crippen LogP contribution in [-0.4, -0.2) is 38.4 Å². The van der Waals surface area contributed by atoms with Crippen LogP contribution in [0.15, 0.2) is 29.3 Å². The number of benzene rings is 1. The van der Waals surface area contributed by atoms with Crippen LogP contribution in [-0.2, 0) is 11.3 Å². The van der Waals surface area contributed by atoms with E-state index in [2.05, 4.69) is 27.8 Å². The smallest absolute Gasteiger partial charge is 0.191 e. The Labute approximate surface area is 161 Å². The fraction of sp³-hybridized carbons (Fsp3) is 0.611. The van der Waals surface area contributed by atoms with Gasteiger partial charge in [0.25, 0.3) is 0 Å². The number of hydrogen-bond donors (Lipinski definition) is 2. The van der Waals surface area contributed by atoms with E-state index in [4.69, 9.17) is 9.47 Å². The van der Waals surface area contributed by atoms with Gasteiger partial charge in [-0.3, -0.25) is 4.99 Å². The van der Waals surface area contributed by atoms with Crippen molar-refractivity contribution in [2.45, 2.75) is 50.9 Å². The molecule has 5 nitrogen and oxygen atoms in total. The third kappa shape index (κ3) is 5.51. The van der Waals surface area contributed by atoms with Gasteiger partial charge in [-0.05, 0) is 38.2 Å². The molecule has 1 aromatic rings. The highest BCUT2D eigenvalue weighted by molar-refractivity contribution is 14.0. The second-order valence-electron chi connectivity index (χ2n) is 6.22. The summed E-state index contributed by atoms with van der Waals surface area (Å²) in [5.41, 5.74) is 1.17. The maximum atomic E-state index is 6.07. The highest BCUT2D eigenvalue weighted by Gasteiger charge is 2.20. The lowest BCUT2D eigenvalue weighted by molar-refractivity contribution is 0.113. The fourth-order valence-corrected chi connectivity index (χ4v) is 2.85. The van der Waals surface area contributed by atoms with Crippen LogP contribution in [0, 0.1) is 0 Å². The second kappa shape index (κ2) is 10.1. The molecule has 1 unspecified atom stereocenters. The Morgan fingerprint density at radius 1 is 1.21 bits per heavy atom. The minimum atomic E-state index is 0. The largest absolute Gasteiger partial charge is 0.490 e. The Morgan fingerprint density at radius 2 is 2.04 bits per heavy atom. The molecule has 1 saturated carbocycles. The third-order valence-electron chi connectivity index (χ3n) is 4.51. The Hall–Kier alpha value is -1.02. The van der Waals surface area contributed by atoms with E-state index in [9.17, 15) is 0 Å². The van der Waals surface area contributed by atoms with Crippen LogP contribution in [0.1, 0.15) is 37.7 Å². The van der Waals surface area contributed by atoms with Crippen molar-refractivity contribution in [2.75, 3.05) is 20.2 Å². The van der Waals surface area contributed by atoms with E-state index in [1.54, 1.807) is 7.05 Å². The number of para-hydroxylation sites is 1. The number of rotatable bonds is 6. The van der Waals surface area contributed by atoms with Crippen LogP contribution < -0.4 is 15.4 Å². The first-order valence-electron chi connectivity index (χ1n) is 8.66. The van der Waals surface area contributed by atoms with Gasteiger partial charge in [0.2, 0.25) is 0 Å². The molecule has 6 heteroatoms. The molecule has 1 aliphatic heterocycles. The summed E-state index contributed by atoms with van der Waals surface area (Å²) in [7, 11) is 1.79. The van der Waals surface area contributed by atoms with Gasteiger partial charge in [-0.2, -0.15) is 0 Å². The third-order valence-corrected chi connectivity index (χ3v) is 4.51. The lowest BCUT2D eigenvalue weighted by Gasteiger charge is -2.27. The standard InChI is InChI=1S/C18H27N3O2.HI/c1-19-18(21-13-16-9-5-11-22-16)20-12-14-6-2-3-10-17(14)23-15-7-4-8-15;/h2-3,6,10,15-16H,4-5,7-9,11-13H2,1H3,(H2,19,20,21);1H. The molecule has 0 spiro atoms. The maximum Gasteiger partial charge on any atom is 0.191 e. The molecule has 1 atom stereocenters. The molecule has 0 amide bonds. The molecule has 2 aliphatic rings. The van der Waals surface area contributed by atoms with Crippen molar-refractivity contribution in [2.24, 2.45) is 4.99 Å². The number of nitrogens with zero attached hydrogens (tertiary/aromatic N) is 1. The van der Waals surface area contributed by atoms with Crippen LogP contribution >= 0.6 is 24.0 Å². The number of guanidine groups is 1. The van der Waals surface area contributed by atoms with E-state index in [0.29, 0.717) is 18.8 Å². The zero-order valence-corrected chi connectivity index (χ0v) is 16.6. The number of halogens is 1. The molecule has 1 heterocycles. The molecule has 3 rings (SSSR count). The summed E-state index contributed by atoms with van der Waals surface area (Å²) in [4.78, 5) is 4.28. The quantitative estimate of drug-likeness (QED) is 0.402. The van der Waals surface area contributed by atoms with Crippen LogP contribution in [0.5, 0.6) is 5.75 Å². The molecule has 2 fully saturated rings. The molecule has 1 aromatic carbocycles. The lowest BCUT2D eigenvalue weighted by atomic mass is 9.96. The van der Waals surface area contributed by atoms with Crippen LogP contribution in [0.4, 0.5) is 0 Å². The van der Waals surface area contributed by atoms with Gasteiger partial charge < -0.3 is 20.1 Å². The van der Waals surface area contributed by atoms with Crippen LogP contribution in [0.3, 0.4) is 0 Å². The molecular formula is C18H28IN3O2. The van der Waals surface area contributed by atoms with E-state index < -0.39 is 0 Å². The van der Waals surface area contributed by atoms with Gasteiger partial charge in [0.15, 0.2) is 5.96 Å². The molecule has 134 valence electrons. The summed E-state index contributed by atoms with van der Waals surface area (Å²) >= 11 is 0. The summed E-state index contributed by atoms with van der Waals surface area (Å²) in [6.45, 7) is 2.39. The topological polar surface area (TPSA) is 54.9 Å². The van der Waals surface area contributed by atoms with Crippen molar-refractivity contribution in [3.05, 3.63) is 29.8 Å². The summed E-state index contributed by atoms with van der Waals surface area (Å²) in [6, 6.07) is 8.24. The zero-order valence-electron chi connectivity index (χ0n) is 14.3. The molecule has 0 bridgehead atoms. The summed E-state index contributed by atoms with van der Waals surface area (Å²) in [5.74, 6) is 1.79. The highest BCUT2D eigenvalue weighted by atomic mass is 127. The first-order chi connectivity index (χ1) is 11.3. The summed E-state index contributed by atoms with van der Waals surface area (Å²) < 4.78 is 11.7. The number of ether oxygens (including phenoxy) is 2. The van der Waals surface area contributed by atoms with E-state index in [-0.39, 0.29) is 24.0 Å². The van der Waals surface area contributed by atoms with Crippen molar-refractivity contribution in [3.63, 3.8) is 0 Å². The average Bonchev–Trinajstić information content (AvgIpc) is 3.05. The van der Waals surface area contributed by atoms with Crippen molar-refractivity contribution in [3.8, 4) is 5.75 Å². The Bertz CT molecular complexity index is 529. The second-order valence-corrected chi connectivity index (χ2v) is 6.22. The molecule has 2 N–H and O–H groups in total. The van der Waals surface area contributed by atoms with Crippen LogP contribution in [0.25, 0.3) is 0 Å². The molecule has 0 radical (unpaired) electrons. The number of nitrogens with one attached hydrogen (secondary N) is 2. The normalized spacial score (nSPS) is 20.9. The van der Waals surface area contributed by atoms with Gasteiger partial charge in [-0.15, -0.1) is 24.0 Å². The first kappa shape index (κ1) is 19.3. The van der Waals surface area contributed by atoms with Gasteiger partial charge in [-0.25, -0.2) is 0 Å². The predicted molar refractivity (Wildman–Crippen MR) is 107 cm³/mol. The van der Waals surface area contributed by atoms with Crippen LogP contribution in [0.2, 0.25) is 0 Å². The fourth-order valence-electron chi connectivity index (χ4n) is 2.85. The Kier molecular flexibility index (Phi) is 8.11. The molecule has 24 heavy (non-hydrogen) atoms. The van der Waals surface area contributed by atoms with Crippen molar-refractivity contribution in [1.82, 2.24) is 10.6 Å². The summed E-state index contributed by atoms with van der Waals surface area (Å²) in [5, 5.41) is 6.70. The van der Waals surface area contributed by atoms with Gasteiger partial charge in [-0.1, -0.05) is 18.2 Å². The summed E-state index contributed by atoms with van der Waals surface area (Å²) in [6.07, 6.45) is 6.62. The number of aliphatic imine (C=N–C) groups is 1. The molecule has 1 aliphatic carbocycles. The van der Waals surface area contributed by atoms with Gasteiger partial charge in [0.05, 0.1) is 12.2 Å². The van der Waals surface area contributed by atoms with E-state index in [1.807, 2.05) is 12.1 Å². The maximum absolute atomic E-state index is 6.07. The highest BCUT2D eigenvalue weighted by Crippen LogP contribution is 2.27. The Balaban J connectivity index is 0.00000208. The van der Waals surface area contributed by atoms with Gasteiger partial charge in [0, 0.05) is 32.3 Å². The van der Waals surface area contributed by atoms with Crippen molar-refractivity contribution < 1.29 is 9.47 Å². The average molecular weight is 445 g/mol. The van der Waals surface area contributed by atoms with Crippen molar-refractivity contribution in [1.29, 1.82) is 0 Å². The van der Waals surface area contributed by atoms with Gasteiger partial charge >= 0.3 is 0 Å². The van der Waals surface area contributed by atoms with E-state index >= 15 is 0 Å². The molecule has 1 saturated heterocycles. The van der Waals surface area contributed by atoms with E-state index in [0.717, 1.165) is 37.7 Å².